The van der Waals surface area contributed by atoms with Crippen LogP contribution in [0.5, 0.6) is 17.2 Å². The van der Waals surface area contributed by atoms with Crippen LogP contribution in [0.4, 0.5) is 0 Å². The van der Waals surface area contributed by atoms with Gasteiger partial charge in [-0.05, 0) is 38.1 Å². The third-order valence-electron chi connectivity index (χ3n) is 3.34. The van der Waals surface area contributed by atoms with E-state index < -0.39 is 0 Å². The van der Waals surface area contributed by atoms with Crippen LogP contribution >= 0.6 is 11.6 Å². The van der Waals surface area contributed by atoms with Gasteiger partial charge in [-0.2, -0.15) is 5.26 Å². The average molecular weight is 300 g/mol. The summed E-state index contributed by atoms with van der Waals surface area (Å²) in [5, 5.41) is 9.69. The lowest BCUT2D eigenvalue weighted by Crippen LogP contribution is -2.24. The highest BCUT2D eigenvalue weighted by Crippen LogP contribution is 2.43. The second-order valence-corrected chi connectivity index (χ2v) is 6.07. The molecule has 0 fully saturated rings. The van der Waals surface area contributed by atoms with Crippen molar-refractivity contribution < 1.29 is 9.47 Å². The first kappa shape index (κ1) is 13.8. The highest BCUT2D eigenvalue weighted by atomic mass is 35.5. The van der Waals surface area contributed by atoms with Crippen LogP contribution in [0.3, 0.4) is 0 Å². The zero-order chi connectivity index (χ0) is 15.0. The molecule has 4 heteroatoms. The maximum atomic E-state index is 9.18. The highest BCUT2D eigenvalue weighted by molar-refractivity contribution is 6.30. The quantitative estimate of drug-likeness (QED) is 0.806. The molecule has 2 aromatic carbocycles. The smallest absolute Gasteiger partial charge is 0.169 e. The Morgan fingerprint density at radius 1 is 1.24 bits per heavy atom. The van der Waals surface area contributed by atoms with Crippen molar-refractivity contribution in [2.75, 3.05) is 0 Å². The molecule has 0 spiro atoms. The number of fused-ring (bicyclic) bond motifs is 1. The molecule has 0 bridgehead atoms. The van der Waals surface area contributed by atoms with Crippen LogP contribution in [0, 0.1) is 11.3 Å². The Balaban J connectivity index is 1.98. The van der Waals surface area contributed by atoms with Crippen LogP contribution in [0.15, 0.2) is 36.4 Å². The van der Waals surface area contributed by atoms with Crippen LogP contribution in [0.1, 0.15) is 25.0 Å². The summed E-state index contributed by atoms with van der Waals surface area (Å²) in [6, 6.07) is 12.9. The van der Waals surface area contributed by atoms with Gasteiger partial charge in [0.25, 0.3) is 0 Å². The molecule has 0 saturated carbocycles. The van der Waals surface area contributed by atoms with Crippen molar-refractivity contribution in [3.63, 3.8) is 0 Å². The summed E-state index contributed by atoms with van der Waals surface area (Å²) < 4.78 is 11.8. The number of nitriles is 1. The molecule has 0 unspecified atom stereocenters. The number of halogens is 1. The van der Waals surface area contributed by atoms with Crippen LogP contribution in [-0.4, -0.2) is 5.60 Å². The molecule has 0 aromatic heterocycles. The van der Waals surface area contributed by atoms with Crippen molar-refractivity contribution in [1.29, 1.82) is 5.26 Å². The number of benzene rings is 2. The number of rotatable bonds is 2. The fourth-order valence-corrected chi connectivity index (χ4v) is 2.64. The molecule has 0 N–H and O–H groups in total. The molecule has 0 amide bonds. The molecule has 106 valence electrons. The van der Waals surface area contributed by atoms with E-state index in [-0.39, 0.29) is 5.60 Å². The van der Waals surface area contributed by atoms with Gasteiger partial charge in [0.1, 0.15) is 17.4 Å². The highest BCUT2D eigenvalue weighted by Gasteiger charge is 2.32. The lowest BCUT2D eigenvalue weighted by molar-refractivity contribution is 0.135. The van der Waals surface area contributed by atoms with Gasteiger partial charge in [0.15, 0.2) is 11.5 Å². The maximum Gasteiger partial charge on any atom is 0.169 e. The Morgan fingerprint density at radius 3 is 2.81 bits per heavy atom. The summed E-state index contributed by atoms with van der Waals surface area (Å²) in [6.07, 6.45) is 0.839. The van der Waals surface area contributed by atoms with Crippen molar-refractivity contribution in [3.8, 4) is 23.3 Å². The largest absolute Gasteiger partial charge is 0.483 e. The van der Waals surface area contributed by atoms with E-state index in [9.17, 15) is 5.26 Å². The molecule has 2 aromatic rings. The van der Waals surface area contributed by atoms with E-state index in [1.807, 2.05) is 32.0 Å². The van der Waals surface area contributed by atoms with Crippen molar-refractivity contribution in [2.24, 2.45) is 0 Å². The molecule has 3 rings (SSSR count). The van der Waals surface area contributed by atoms with Crippen LogP contribution in [0.2, 0.25) is 5.02 Å². The minimum atomic E-state index is -0.236. The first-order valence-electron chi connectivity index (χ1n) is 6.67. The number of para-hydroxylation sites is 1. The van der Waals surface area contributed by atoms with Gasteiger partial charge in [0.2, 0.25) is 0 Å². The van der Waals surface area contributed by atoms with Gasteiger partial charge < -0.3 is 9.47 Å². The maximum absolute atomic E-state index is 9.18. The Kier molecular flexibility index (Phi) is 3.27. The third-order valence-corrected chi connectivity index (χ3v) is 3.57. The van der Waals surface area contributed by atoms with Gasteiger partial charge in [-0.25, -0.2) is 0 Å². The zero-order valence-electron chi connectivity index (χ0n) is 11.8. The molecular weight excluding hydrogens is 286 g/mol. The first-order chi connectivity index (χ1) is 9.98. The summed E-state index contributed by atoms with van der Waals surface area (Å²) in [4.78, 5) is 0. The van der Waals surface area contributed by atoms with E-state index in [1.165, 1.54) is 0 Å². The van der Waals surface area contributed by atoms with Crippen molar-refractivity contribution in [3.05, 3.63) is 52.5 Å². The fraction of sp³-hybridized carbons (Fsp3) is 0.235. The lowest BCUT2D eigenvalue weighted by Gasteiger charge is -2.18. The molecule has 0 saturated heterocycles. The minimum Gasteiger partial charge on any atom is -0.483 e. The number of hydrogen-bond acceptors (Lipinski definition) is 3. The third kappa shape index (κ3) is 2.68. The SMILES string of the molecule is CC1(C)Cc2cccc(Oc3ccc(Cl)cc3C#N)c2O1. The molecule has 3 nitrogen and oxygen atoms in total. The molecule has 1 aliphatic rings. The molecule has 0 radical (unpaired) electrons. The second kappa shape index (κ2) is 4.98. The van der Waals surface area contributed by atoms with Gasteiger partial charge in [-0.1, -0.05) is 23.7 Å². The van der Waals surface area contributed by atoms with E-state index in [0.29, 0.717) is 22.1 Å². The normalized spacial score (nSPS) is 15.0. The Bertz CT molecular complexity index is 747. The molecule has 0 atom stereocenters. The summed E-state index contributed by atoms with van der Waals surface area (Å²) in [7, 11) is 0. The standard InChI is InChI=1S/C17H14ClNO2/c1-17(2)9-11-4-3-5-15(16(11)21-17)20-14-7-6-13(18)8-12(14)10-19/h3-8H,9H2,1-2H3. The van der Waals surface area contributed by atoms with Crippen LogP contribution < -0.4 is 9.47 Å². The van der Waals surface area contributed by atoms with Crippen LogP contribution in [-0.2, 0) is 6.42 Å². The Morgan fingerprint density at radius 2 is 2.05 bits per heavy atom. The predicted octanol–water partition coefficient (Wildman–Crippen LogP) is 4.72. The monoisotopic (exact) mass is 299 g/mol. The first-order valence-corrected chi connectivity index (χ1v) is 7.05. The molecular formula is C17H14ClNO2. The van der Waals surface area contributed by atoms with Crippen molar-refractivity contribution in [1.82, 2.24) is 0 Å². The number of ether oxygens (including phenoxy) is 2. The summed E-state index contributed by atoms with van der Waals surface area (Å²) in [6.45, 7) is 4.08. The van der Waals surface area contributed by atoms with Gasteiger partial charge in [-0.15, -0.1) is 0 Å². The molecule has 0 aliphatic carbocycles. The minimum absolute atomic E-state index is 0.236. The van der Waals surface area contributed by atoms with Crippen LogP contribution in [0.25, 0.3) is 0 Å². The van der Waals surface area contributed by atoms with E-state index in [0.717, 1.165) is 17.7 Å². The van der Waals surface area contributed by atoms with Gasteiger partial charge >= 0.3 is 0 Å². The van der Waals surface area contributed by atoms with E-state index in [2.05, 4.69) is 6.07 Å². The van der Waals surface area contributed by atoms with E-state index in [1.54, 1.807) is 18.2 Å². The molecule has 1 aliphatic heterocycles. The van der Waals surface area contributed by atoms with Gasteiger partial charge in [0.05, 0.1) is 5.56 Å². The zero-order valence-corrected chi connectivity index (χ0v) is 12.6. The Hall–Kier alpha value is -2.18. The lowest BCUT2D eigenvalue weighted by atomic mass is 10.0. The fourth-order valence-electron chi connectivity index (χ4n) is 2.46. The topological polar surface area (TPSA) is 42.2 Å². The summed E-state index contributed by atoms with van der Waals surface area (Å²) >= 11 is 5.90. The summed E-state index contributed by atoms with van der Waals surface area (Å²) in [5.41, 5.74) is 1.28. The summed E-state index contributed by atoms with van der Waals surface area (Å²) in [5.74, 6) is 1.85. The van der Waals surface area contributed by atoms with E-state index >= 15 is 0 Å². The molecule has 1 heterocycles. The molecule has 21 heavy (non-hydrogen) atoms. The predicted molar refractivity (Wildman–Crippen MR) is 81.1 cm³/mol. The van der Waals surface area contributed by atoms with Gasteiger partial charge in [0, 0.05) is 17.0 Å². The van der Waals surface area contributed by atoms with E-state index in [4.69, 9.17) is 21.1 Å². The number of hydrogen-bond donors (Lipinski definition) is 0. The average Bonchev–Trinajstić information content (AvgIpc) is 2.75. The van der Waals surface area contributed by atoms with Crippen molar-refractivity contribution in [2.45, 2.75) is 25.9 Å². The van der Waals surface area contributed by atoms with Crippen molar-refractivity contribution >= 4 is 11.6 Å². The second-order valence-electron chi connectivity index (χ2n) is 5.64. The number of nitrogens with zero attached hydrogens (tertiary/aromatic N) is 1. The van der Waals surface area contributed by atoms with Gasteiger partial charge in [-0.3, -0.25) is 0 Å². The Labute approximate surface area is 128 Å².